The number of nitrogens with one attached hydrogen (secondary N) is 1. The molecule has 1 saturated heterocycles. The molecule has 0 spiro atoms. The summed E-state index contributed by atoms with van der Waals surface area (Å²) >= 11 is 0. The van der Waals surface area contributed by atoms with Crippen LogP contribution in [0.1, 0.15) is 18.7 Å². The predicted molar refractivity (Wildman–Crippen MR) is 88.5 cm³/mol. The van der Waals surface area contributed by atoms with Gasteiger partial charge in [-0.3, -0.25) is 9.78 Å². The highest BCUT2D eigenvalue weighted by molar-refractivity contribution is 7.88. The molecule has 1 aliphatic rings. The minimum atomic E-state index is -3.19. The fourth-order valence-electron chi connectivity index (χ4n) is 2.69. The Balaban J connectivity index is 1.51. The second-order valence-corrected chi connectivity index (χ2v) is 7.88. The van der Waals surface area contributed by atoms with Crippen molar-refractivity contribution in [2.24, 2.45) is 5.92 Å². The maximum absolute atomic E-state index is 12.2. The van der Waals surface area contributed by atoms with Crippen molar-refractivity contribution in [1.29, 1.82) is 0 Å². The van der Waals surface area contributed by atoms with E-state index < -0.39 is 10.0 Å². The zero-order valence-corrected chi connectivity index (χ0v) is 14.6. The fourth-order valence-corrected chi connectivity index (χ4v) is 3.56. The third-order valence-electron chi connectivity index (χ3n) is 4.08. The van der Waals surface area contributed by atoms with Crippen molar-refractivity contribution >= 4 is 15.9 Å². The van der Waals surface area contributed by atoms with Gasteiger partial charge in [-0.15, -0.1) is 10.2 Å². The number of amides is 1. The highest BCUT2D eigenvalue weighted by atomic mass is 32.2. The third kappa shape index (κ3) is 4.40. The third-order valence-corrected chi connectivity index (χ3v) is 5.39. The van der Waals surface area contributed by atoms with Crippen LogP contribution in [-0.4, -0.2) is 53.2 Å². The summed E-state index contributed by atoms with van der Waals surface area (Å²) in [5.41, 5.74) is 0.709. The number of pyridine rings is 1. The van der Waals surface area contributed by atoms with E-state index in [2.05, 4.69) is 20.5 Å². The Kier molecular flexibility index (Phi) is 5.09. The first-order valence-electron chi connectivity index (χ1n) is 7.89. The SMILES string of the molecule is CS(=O)(=O)N1CCC(C(=O)NCc2nnc(-c3cccnc3)o2)CC1. The van der Waals surface area contributed by atoms with Crippen molar-refractivity contribution in [3.05, 3.63) is 30.4 Å². The molecule has 3 heterocycles. The van der Waals surface area contributed by atoms with Gasteiger partial charge in [-0.2, -0.15) is 0 Å². The minimum Gasteiger partial charge on any atom is -0.419 e. The molecular formula is C15H19N5O4S. The molecule has 0 atom stereocenters. The van der Waals surface area contributed by atoms with Crippen molar-refractivity contribution < 1.29 is 17.6 Å². The van der Waals surface area contributed by atoms with Crippen LogP contribution in [0.15, 0.2) is 28.9 Å². The van der Waals surface area contributed by atoms with Crippen LogP contribution in [-0.2, 0) is 21.4 Å². The molecule has 0 radical (unpaired) electrons. The maximum Gasteiger partial charge on any atom is 0.249 e. The normalized spacial score (nSPS) is 16.7. The number of carbonyl (C=O) groups is 1. The molecule has 2 aromatic heterocycles. The molecular weight excluding hydrogens is 346 g/mol. The van der Waals surface area contributed by atoms with E-state index in [4.69, 9.17) is 4.42 Å². The lowest BCUT2D eigenvalue weighted by atomic mass is 9.97. The van der Waals surface area contributed by atoms with Crippen LogP contribution in [0.3, 0.4) is 0 Å². The van der Waals surface area contributed by atoms with E-state index in [9.17, 15) is 13.2 Å². The van der Waals surface area contributed by atoms with E-state index >= 15 is 0 Å². The second-order valence-electron chi connectivity index (χ2n) is 5.90. The molecule has 10 heteroatoms. The highest BCUT2D eigenvalue weighted by Gasteiger charge is 2.28. The Hall–Kier alpha value is -2.33. The molecule has 2 aromatic rings. The highest BCUT2D eigenvalue weighted by Crippen LogP contribution is 2.20. The van der Waals surface area contributed by atoms with E-state index in [0.717, 1.165) is 0 Å². The van der Waals surface area contributed by atoms with Crippen molar-refractivity contribution in [3.63, 3.8) is 0 Å². The zero-order valence-electron chi connectivity index (χ0n) is 13.8. The lowest BCUT2D eigenvalue weighted by Gasteiger charge is -2.29. The van der Waals surface area contributed by atoms with Crippen LogP contribution in [0.2, 0.25) is 0 Å². The van der Waals surface area contributed by atoms with E-state index in [-0.39, 0.29) is 18.4 Å². The fraction of sp³-hybridized carbons (Fsp3) is 0.467. The number of nitrogens with zero attached hydrogens (tertiary/aromatic N) is 4. The van der Waals surface area contributed by atoms with E-state index in [1.165, 1.54) is 10.6 Å². The molecule has 3 rings (SSSR count). The van der Waals surface area contributed by atoms with Crippen LogP contribution >= 0.6 is 0 Å². The van der Waals surface area contributed by atoms with Gasteiger partial charge in [-0.25, -0.2) is 12.7 Å². The van der Waals surface area contributed by atoms with Gasteiger partial charge >= 0.3 is 0 Å². The van der Waals surface area contributed by atoms with Gasteiger partial charge in [0.25, 0.3) is 0 Å². The summed E-state index contributed by atoms with van der Waals surface area (Å²) in [6, 6.07) is 3.57. The summed E-state index contributed by atoms with van der Waals surface area (Å²) in [6.45, 7) is 0.865. The number of carbonyl (C=O) groups excluding carboxylic acids is 1. The van der Waals surface area contributed by atoms with Crippen LogP contribution in [0.5, 0.6) is 0 Å². The maximum atomic E-state index is 12.2. The number of rotatable bonds is 5. The molecule has 9 nitrogen and oxygen atoms in total. The first-order valence-corrected chi connectivity index (χ1v) is 9.74. The summed E-state index contributed by atoms with van der Waals surface area (Å²) in [5, 5.41) is 10.6. The largest absolute Gasteiger partial charge is 0.419 e. The second kappa shape index (κ2) is 7.28. The molecule has 1 N–H and O–H groups in total. The molecule has 1 amide bonds. The molecule has 0 aliphatic carbocycles. The first kappa shape index (κ1) is 17.5. The van der Waals surface area contributed by atoms with Gasteiger partial charge in [-0.1, -0.05) is 0 Å². The number of hydrogen-bond donors (Lipinski definition) is 1. The van der Waals surface area contributed by atoms with Crippen LogP contribution < -0.4 is 5.32 Å². The molecule has 1 fully saturated rings. The van der Waals surface area contributed by atoms with Crippen molar-refractivity contribution in [3.8, 4) is 11.5 Å². The Morgan fingerprint density at radius 3 is 2.76 bits per heavy atom. The van der Waals surface area contributed by atoms with Crippen molar-refractivity contribution in [1.82, 2.24) is 24.8 Å². The van der Waals surface area contributed by atoms with Gasteiger partial charge < -0.3 is 9.73 Å². The summed E-state index contributed by atoms with van der Waals surface area (Å²) in [6.07, 6.45) is 5.46. The van der Waals surface area contributed by atoms with E-state index in [0.29, 0.717) is 43.3 Å². The summed E-state index contributed by atoms with van der Waals surface area (Å²) < 4.78 is 29.9. The molecule has 25 heavy (non-hydrogen) atoms. The Morgan fingerprint density at radius 2 is 2.12 bits per heavy atom. The smallest absolute Gasteiger partial charge is 0.249 e. The van der Waals surface area contributed by atoms with Gasteiger partial charge in [0.15, 0.2) is 0 Å². The summed E-state index contributed by atoms with van der Waals surface area (Å²) in [4.78, 5) is 16.2. The van der Waals surface area contributed by atoms with E-state index in [1.807, 2.05) is 0 Å². The van der Waals surface area contributed by atoms with Gasteiger partial charge in [0.2, 0.25) is 27.7 Å². The molecule has 0 aromatic carbocycles. The van der Waals surface area contributed by atoms with Gasteiger partial charge in [0.05, 0.1) is 18.4 Å². The first-order chi connectivity index (χ1) is 11.9. The quantitative estimate of drug-likeness (QED) is 0.815. The van der Waals surface area contributed by atoms with Gasteiger partial charge in [0, 0.05) is 31.4 Å². The number of piperidine rings is 1. The Morgan fingerprint density at radius 1 is 1.36 bits per heavy atom. The number of hydrogen-bond acceptors (Lipinski definition) is 7. The van der Waals surface area contributed by atoms with Crippen LogP contribution in [0.4, 0.5) is 0 Å². The van der Waals surface area contributed by atoms with Gasteiger partial charge in [0.1, 0.15) is 0 Å². The molecule has 0 unspecified atom stereocenters. The predicted octanol–water partition coefficient (Wildman–Crippen LogP) is 0.419. The standard InChI is InChI=1S/C15H19N5O4S/c1-25(22,23)20-7-4-11(5-8-20)14(21)17-10-13-18-19-15(24-13)12-3-2-6-16-9-12/h2-3,6,9,11H,4-5,7-8,10H2,1H3,(H,17,21). The lowest BCUT2D eigenvalue weighted by Crippen LogP contribution is -2.42. The zero-order chi connectivity index (χ0) is 17.9. The summed E-state index contributed by atoms with van der Waals surface area (Å²) in [7, 11) is -3.19. The average Bonchev–Trinajstić information content (AvgIpc) is 3.09. The molecule has 0 saturated carbocycles. The molecule has 134 valence electrons. The van der Waals surface area contributed by atoms with Crippen molar-refractivity contribution in [2.45, 2.75) is 19.4 Å². The van der Waals surface area contributed by atoms with Crippen molar-refractivity contribution in [2.75, 3.05) is 19.3 Å². The number of aromatic nitrogens is 3. The summed E-state index contributed by atoms with van der Waals surface area (Å²) in [5.74, 6) is 0.313. The van der Waals surface area contributed by atoms with E-state index in [1.54, 1.807) is 24.5 Å². The Bertz CT molecular complexity index is 829. The molecule has 1 aliphatic heterocycles. The average molecular weight is 365 g/mol. The Labute approximate surface area is 145 Å². The van der Waals surface area contributed by atoms with Crippen LogP contribution in [0.25, 0.3) is 11.5 Å². The number of sulfonamides is 1. The topological polar surface area (TPSA) is 118 Å². The minimum absolute atomic E-state index is 0.130. The lowest BCUT2D eigenvalue weighted by molar-refractivity contribution is -0.126. The molecule has 0 bridgehead atoms. The monoisotopic (exact) mass is 365 g/mol. The van der Waals surface area contributed by atoms with Crippen LogP contribution in [0, 0.1) is 5.92 Å². The van der Waals surface area contributed by atoms with Gasteiger partial charge in [-0.05, 0) is 25.0 Å².